The molecule has 2 fully saturated rings. The minimum atomic E-state index is 0.0584. The Kier molecular flexibility index (Phi) is 4.00. The molecule has 1 atom stereocenters. The van der Waals surface area contributed by atoms with Gasteiger partial charge in [-0.3, -0.25) is 4.79 Å². The van der Waals surface area contributed by atoms with Gasteiger partial charge in [-0.25, -0.2) is 0 Å². The summed E-state index contributed by atoms with van der Waals surface area (Å²) in [5.41, 5.74) is 5.94. The van der Waals surface area contributed by atoms with Gasteiger partial charge in [-0.15, -0.1) is 0 Å². The van der Waals surface area contributed by atoms with Gasteiger partial charge in [-0.2, -0.15) is 4.98 Å². The summed E-state index contributed by atoms with van der Waals surface area (Å²) in [7, 11) is 0. The van der Waals surface area contributed by atoms with Crippen molar-refractivity contribution in [3.05, 3.63) is 11.7 Å². The van der Waals surface area contributed by atoms with Crippen LogP contribution in [0.15, 0.2) is 4.52 Å². The normalized spacial score (nSPS) is 19.9. The Morgan fingerprint density at radius 3 is 2.90 bits per heavy atom. The molecule has 2 aliphatic rings. The van der Waals surface area contributed by atoms with Crippen LogP contribution in [0.5, 0.6) is 0 Å². The molecule has 1 amide bonds. The van der Waals surface area contributed by atoms with Crippen molar-refractivity contribution >= 4 is 5.91 Å². The molecule has 0 saturated heterocycles. The van der Waals surface area contributed by atoms with Crippen molar-refractivity contribution in [2.75, 3.05) is 6.54 Å². The van der Waals surface area contributed by atoms with Gasteiger partial charge in [0.25, 0.3) is 0 Å². The Morgan fingerprint density at radius 1 is 1.40 bits per heavy atom. The SMILES string of the molecule is NC(CNC(=O)CCCc1nc(C2CC2)no1)C1CC1. The summed E-state index contributed by atoms with van der Waals surface area (Å²) in [6, 6.07) is 0.121. The monoisotopic (exact) mass is 278 g/mol. The van der Waals surface area contributed by atoms with Gasteiger partial charge in [0.15, 0.2) is 5.82 Å². The first-order valence-corrected chi connectivity index (χ1v) is 7.57. The number of rotatable bonds is 8. The molecule has 6 nitrogen and oxygen atoms in total. The standard InChI is InChI=1S/C14H22N4O2/c15-11(9-4-5-9)8-16-12(19)2-1-3-13-17-14(18-20-13)10-6-7-10/h9-11H,1-8,15H2,(H,16,19). The van der Waals surface area contributed by atoms with Crippen molar-refractivity contribution in [1.82, 2.24) is 15.5 Å². The Balaban J connectivity index is 1.30. The molecule has 0 bridgehead atoms. The van der Waals surface area contributed by atoms with Gasteiger partial charge in [0.2, 0.25) is 11.8 Å². The summed E-state index contributed by atoms with van der Waals surface area (Å²) in [6.07, 6.45) is 6.64. The lowest BCUT2D eigenvalue weighted by molar-refractivity contribution is -0.121. The first kappa shape index (κ1) is 13.5. The Morgan fingerprint density at radius 2 is 2.20 bits per heavy atom. The Labute approximate surface area is 118 Å². The van der Waals surface area contributed by atoms with E-state index in [1.54, 1.807) is 0 Å². The maximum atomic E-state index is 11.7. The number of hydrogen-bond donors (Lipinski definition) is 2. The number of amides is 1. The first-order chi connectivity index (χ1) is 9.72. The van der Waals surface area contributed by atoms with Crippen LogP contribution in [0.3, 0.4) is 0 Å². The third-order valence-corrected chi connectivity index (χ3v) is 3.98. The van der Waals surface area contributed by atoms with Gasteiger partial charge in [0.05, 0.1) is 0 Å². The third-order valence-electron chi connectivity index (χ3n) is 3.98. The smallest absolute Gasteiger partial charge is 0.226 e. The van der Waals surface area contributed by atoms with Gasteiger partial charge in [-0.05, 0) is 38.0 Å². The second-order valence-corrected chi connectivity index (χ2v) is 5.98. The molecule has 3 N–H and O–H groups in total. The highest BCUT2D eigenvalue weighted by molar-refractivity contribution is 5.75. The number of nitrogens with one attached hydrogen (secondary N) is 1. The predicted octanol–water partition coefficient (Wildman–Crippen LogP) is 1.12. The molecule has 1 heterocycles. The average molecular weight is 278 g/mol. The zero-order valence-corrected chi connectivity index (χ0v) is 11.7. The fourth-order valence-corrected chi connectivity index (χ4v) is 2.29. The van der Waals surface area contributed by atoms with E-state index in [2.05, 4.69) is 15.5 Å². The molecule has 110 valence electrons. The molecule has 3 rings (SSSR count). The summed E-state index contributed by atoms with van der Waals surface area (Å²) < 4.78 is 5.17. The van der Waals surface area contributed by atoms with Crippen LogP contribution in [0.25, 0.3) is 0 Å². The molecule has 1 aromatic rings. The van der Waals surface area contributed by atoms with Crippen LogP contribution >= 0.6 is 0 Å². The summed E-state index contributed by atoms with van der Waals surface area (Å²) in [6.45, 7) is 0.593. The Bertz CT molecular complexity index is 465. The van der Waals surface area contributed by atoms with Gasteiger partial charge < -0.3 is 15.6 Å². The summed E-state index contributed by atoms with van der Waals surface area (Å²) in [5.74, 6) is 2.67. The van der Waals surface area contributed by atoms with E-state index < -0.39 is 0 Å². The van der Waals surface area contributed by atoms with Crippen molar-refractivity contribution in [2.24, 2.45) is 11.7 Å². The molecule has 2 saturated carbocycles. The quantitative estimate of drug-likeness (QED) is 0.743. The van der Waals surface area contributed by atoms with E-state index in [1.807, 2.05) is 0 Å². The van der Waals surface area contributed by atoms with Gasteiger partial charge in [0.1, 0.15) is 0 Å². The van der Waals surface area contributed by atoms with Crippen molar-refractivity contribution in [3.63, 3.8) is 0 Å². The zero-order chi connectivity index (χ0) is 13.9. The largest absolute Gasteiger partial charge is 0.355 e. The highest BCUT2D eigenvalue weighted by atomic mass is 16.5. The molecule has 0 aliphatic heterocycles. The number of carbonyl (C=O) groups is 1. The summed E-state index contributed by atoms with van der Waals surface area (Å²) >= 11 is 0. The van der Waals surface area contributed by atoms with Crippen LogP contribution in [0, 0.1) is 5.92 Å². The number of aromatic nitrogens is 2. The van der Waals surface area contributed by atoms with Crippen LogP contribution < -0.4 is 11.1 Å². The van der Waals surface area contributed by atoms with E-state index in [4.69, 9.17) is 10.3 Å². The first-order valence-electron chi connectivity index (χ1n) is 7.57. The van der Waals surface area contributed by atoms with E-state index in [9.17, 15) is 4.79 Å². The highest BCUT2D eigenvalue weighted by Gasteiger charge is 2.29. The van der Waals surface area contributed by atoms with Gasteiger partial charge in [-0.1, -0.05) is 5.16 Å². The van der Waals surface area contributed by atoms with Crippen LogP contribution in [0.2, 0.25) is 0 Å². The molecule has 1 aromatic heterocycles. The van der Waals surface area contributed by atoms with Crippen LogP contribution in [0.1, 0.15) is 56.2 Å². The lowest BCUT2D eigenvalue weighted by atomic mass is 10.2. The minimum Gasteiger partial charge on any atom is -0.355 e. The molecule has 1 unspecified atom stereocenters. The van der Waals surface area contributed by atoms with Crippen LogP contribution in [-0.2, 0) is 11.2 Å². The summed E-state index contributed by atoms with van der Waals surface area (Å²) in [4.78, 5) is 16.0. The fourth-order valence-electron chi connectivity index (χ4n) is 2.29. The van der Waals surface area contributed by atoms with E-state index >= 15 is 0 Å². The number of hydrogen-bond acceptors (Lipinski definition) is 5. The Hall–Kier alpha value is -1.43. The lowest BCUT2D eigenvalue weighted by Crippen LogP contribution is -2.38. The second-order valence-electron chi connectivity index (χ2n) is 5.98. The van der Waals surface area contributed by atoms with E-state index in [0.29, 0.717) is 37.1 Å². The predicted molar refractivity (Wildman–Crippen MR) is 72.9 cm³/mol. The van der Waals surface area contributed by atoms with Crippen molar-refractivity contribution in [3.8, 4) is 0 Å². The molecule has 2 aliphatic carbocycles. The van der Waals surface area contributed by atoms with E-state index in [0.717, 1.165) is 12.2 Å². The molecular formula is C14H22N4O2. The average Bonchev–Trinajstić information content (AvgIpc) is 3.34. The molecule has 6 heteroatoms. The number of carbonyl (C=O) groups excluding carboxylic acids is 1. The number of nitrogens with zero attached hydrogens (tertiary/aromatic N) is 2. The summed E-state index contributed by atoms with van der Waals surface area (Å²) in [5, 5.41) is 6.85. The zero-order valence-electron chi connectivity index (χ0n) is 11.7. The van der Waals surface area contributed by atoms with E-state index in [-0.39, 0.29) is 11.9 Å². The van der Waals surface area contributed by atoms with Crippen LogP contribution in [0.4, 0.5) is 0 Å². The maximum Gasteiger partial charge on any atom is 0.226 e. The highest BCUT2D eigenvalue weighted by Crippen LogP contribution is 2.38. The third kappa shape index (κ3) is 3.79. The molecule has 20 heavy (non-hydrogen) atoms. The molecule has 0 radical (unpaired) electrons. The lowest BCUT2D eigenvalue weighted by Gasteiger charge is -2.11. The molecular weight excluding hydrogens is 256 g/mol. The van der Waals surface area contributed by atoms with Crippen molar-refractivity contribution in [1.29, 1.82) is 0 Å². The number of aryl methyl sites for hydroxylation is 1. The van der Waals surface area contributed by atoms with Crippen molar-refractivity contribution in [2.45, 2.75) is 56.9 Å². The van der Waals surface area contributed by atoms with Gasteiger partial charge in [0, 0.05) is 31.3 Å². The number of nitrogens with two attached hydrogens (primary N) is 1. The maximum absolute atomic E-state index is 11.7. The minimum absolute atomic E-state index is 0.0584. The van der Waals surface area contributed by atoms with Crippen molar-refractivity contribution < 1.29 is 9.32 Å². The van der Waals surface area contributed by atoms with Gasteiger partial charge >= 0.3 is 0 Å². The fraction of sp³-hybridized carbons (Fsp3) is 0.786. The molecule has 0 aromatic carbocycles. The van der Waals surface area contributed by atoms with E-state index in [1.165, 1.54) is 25.7 Å². The van der Waals surface area contributed by atoms with Crippen LogP contribution in [-0.4, -0.2) is 28.6 Å². The topological polar surface area (TPSA) is 94.0 Å². The second kappa shape index (κ2) is 5.91. The molecule has 0 spiro atoms.